The fourth-order valence-corrected chi connectivity index (χ4v) is 5.86. The average molecular weight is 683 g/mol. The molecule has 0 spiro atoms. The summed E-state index contributed by atoms with van der Waals surface area (Å²) in [5.74, 6) is -0.972. The molecule has 0 aliphatic heterocycles. The second-order valence-corrected chi connectivity index (χ2v) is 14.4. The van der Waals surface area contributed by atoms with Gasteiger partial charge in [0.2, 0.25) is 21.8 Å². The summed E-state index contributed by atoms with van der Waals surface area (Å²) < 4.78 is 27.8. The van der Waals surface area contributed by atoms with E-state index in [-0.39, 0.29) is 18.9 Å². The summed E-state index contributed by atoms with van der Waals surface area (Å²) >= 11 is 16.4. The second-order valence-electron chi connectivity index (χ2n) is 10.9. The van der Waals surface area contributed by atoms with E-state index < -0.39 is 34.1 Å². The Morgan fingerprint density at radius 2 is 1.59 bits per heavy atom. The summed E-state index contributed by atoms with van der Waals surface area (Å²) in [6.07, 6.45) is 1.23. The third-order valence-electron chi connectivity index (χ3n) is 6.27. The largest absolute Gasteiger partial charge is 0.350 e. The fraction of sp³-hybridized carbons (Fsp3) is 0.333. The highest BCUT2D eigenvalue weighted by molar-refractivity contribution is 9.10. The molecule has 0 fully saturated rings. The average Bonchev–Trinajstić information content (AvgIpc) is 2.86. The minimum Gasteiger partial charge on any atom is -0.350 e. The first-order valence-electron chi connectivity index (χ1n) is 12.9. The van der Waals surface area contributed by atoms with E-state index in [0.717, 1.165) is 26.2 Å². The number of anilines is 1. The fourth-order valence-electron chi connectivity index (χ4n) is 4.26. The van der Waals surface area contributed by atoms with Crippen molar-refractivity contribution in [2.24, 2.45) is 0 Å². The highest BCUT2D eigenvalue weighted by atomic mass is 79.9. The van der Waals surface area contributed by atoms with Crippen molar-refractivity contribution in [3.05, 3.63) is 97.9 Å². The maximum Gasteiger partial charge on any atom is 0.244 e. The highest BCUT2D eigenvalue weighted by Gasteiger charge is 2.35. The Balaban J connectivity index is 2.13. The molecule has 3 rings (SSSR count). The lowest BCUT2D eigenvalue weighted by Crippen LogP contribution is -2.56. The number of nitrogens with one attached hydrogen (secondary N) is 1. The maximum absolute atomic E-state index is 14.2. The van der Waals surface area contributed by atoms with Gasteiger partial charge in [0.05, 0.1) is 11.9 Å². The predicted molar refractivity (Wildman–Crippen MR) is 170 cm³/mol. The van der Waals surface area contributed by atoms with Gasteiger partial charge in [-0.15, -0.1) is 0 Å². The number of rotatable bonds is 10. The molecule has 0 saturated carbocycles. The third kappa shape index (κ3) is 9.20. The molecule has 3 aromatic rings. The topological polar surface area (TPSA) is 86.8 Å². The van der Waals surface area contributed by atoms with Gasteiger partial charge in [-0.1, -0.05) is 75.5 Å². The van der Waals surface area contributed by atoms with Crippen LogP contribution in [0.3, 0.4) is 0 Å². The van der Waals surface area contributed by atoms with Gasteiger partial charge in [0, 0.05) is 38.6 Å². The Labute approximate surface area is 261 Å². The maximum atomic E-state index is 14.2. The van der Waals surface area contributed by atoms with Gasteiger partial charge >= 0.3 is 0 Å². The van der Waals surface area contributed by atoms with Crippen LogP contribution in [0.4, 0.5) is 5.69 Å². The lowest BCUT2D eigenvalue weighted by Gasteiger charge is -2.35. The lowest BCUT2D eigenvalue weighted by molar-refractivity contribution is -0.140. The van der Waals surface area contributed by atoms with Crippen molar-refractivity contribution in [1.82, 2.24) is 10.2 Å². The van der Waals surface area contributed by atoms with Crippen molar-refractivity contribution >= 4 is 66.7 Å². The highest BCUT2D eigenvalue weighted by Crippen LogP contribution is 2.29. The van der Waals surface area contributed by atoms with Gasteiger partial charge in [-0.3, -0.25) is 13.9 Å². The quantitative estimate of drug-likeness (QED) is 0.269. The van der Waals surface area contributed by atoms with Crippen LogP contribution < -0.4 is 9.62 Å². The van der Waals surface area contributed by atoms with Gasteiger partial charge in [0.25, 0.3) is 0 Å². The molecule has 0 unspecified atom stereocenters. The molecule has 1 atom stereocenters. The van der Waals surface area contributed by atoms with E-state index in [4.69, 9.17) is 23.2 Å². The second kappa shape index (κ2) is 13.6. The summed E-state index contributed by atoms with van der Waals surface area (Å²) in [7, 11) is -3.88. The SMILES string of the molecule is Cc1cc(N(CC(=O)N(Cc2c(Cl)cccc2Cl)[C@@H](Cc2ccccc2)C(=O)NC(C)(C)C)S(C)(=O)=O)ccc1Br. The minimum atomic E-state index is -3.88. The van der Waals surface area contributed by atoms with Crippen LogP contribution in [-0.4, -0.2) is 49.5 Å². The molecular weight excluding hydrogens is 649 g/mol. The van der Waals surface area contributed by atoms with E-state index in [1.165, 1.54) is 4.90 Å². The van der Waals surface area contributed by atoms with Crippen molar-refractivity contribution < 1.29 is 18.0 Å². The zero-order valence-electron chi connectivity index (χ0n) is 23.6. The Bertz CT molecular complexity index is 1490. The molecule has 0 aliphatic carbocycles. The Morgan fingerprint density at radius 3 is 2.12 bits per heavy atom. The van der Waals surface area contributed by atoms with Crippen LogP contribution in [0.2, 0.25) is 10.0 Å². The van der Waals surface area contributed by atoms with Crippen molar-refractivity contribution in [3.8, 4) is 0 Å². The van der Waals surface area contributed by atoms with Gasteiger partial charge < -0.3 is 10.2 Å². The smallest absolute Gasteiger partial charge is 0.244 e. The van der Waals surface area contributed by atoms with Crippen LogP contribution in [0.1, 0.15) is 37.5 Å². The molecule has 7 nitrogen and oxygen atoms in total. The Morgan fingerprint density at radius 1 is 0.976 bits per heavy atom. The number of hydrogen-bond acceptors (Lipinski definition) is 4. The molecule has 1 N–H and O–H groups in total. The first kappa shape index (κ1) is 32.9. The van der Waals surface area contributed by atoms with Crippen LogP contribution in [0, 0.1) is 6.92 Å². The molecule has 0 heterocycles. The van der Waals surface area contributed by atoms with Crippen LogP contribution in [0.5, 0.6) is 0 Å². The molecule has 2 amide bonds. The summed E-state index contributed by atoms with van der Waals surface area (Å²) in [5.41, 5.74) is 1.83. The first-order valence-corrected chi connectivity index (χ1v) is 16.3. The molecule has 0 aliphatic rings. The van der Waals surface area contributed by atoms with Crippen molar-refractivity contribution in [3.63, 3.8) is 0 Å². The Kier molecular flexibility index (Phi) is 10.9. The number of carbonyl (C=O) groups is 2. The molecule has 0 saturated heterocycles. The predicted octanol–water partition coefficient (Wildman–Crippen LogP) is 6.39. The van der Waals surface area contributed by atoms with Gasteiger partial charge in [-0.05, 0) is 69.2 Å². The van der Waals surface area contributed by atoms with Crippen molar-refractivity contribution in [2.45, 2.75) is 52.2 Å². The monoisotopic (exact) mass is 681 g/mol. The van der Waals surface area contributed by atoms with E-state index in [2.05, 4.69) is 21.2 Å². The molecule has 0 aromatic heterocycles. The standard InChI is InChI=1S/C30H34BrCl2N3O4S/c1-20-16-22(14-15-24(20)31)36(41(5,39)40)19-28(37)35(18-23-25(32)12-9-13-26(23)33)27(29(38)34-30(2,3)4)17-21-10-7-6-8-11-21/h6-16,27H,17-19H2,1-5H3,(H,34,38)/t27-/m0/s1. The number of amides is 2. The van der Waals surface area contributed by atoms with Crippen molar-refractivity contribution in [2.75, 3.05) is 17.1 Å². The van der Waals surface area contributed by atoms with Crippen LogP contribution in [0.25, 0.3) is 0 Å². The van der Waals surface area contributed by atoms with E-state index in [1.54, 1.807) is 36.4 Å². The number of aryl methyl sites for hydroxylation is 1. The zero-order chi connectivity index (χ0) is 30.5. The molecule has 41 heavy (non-hydrogen) atoms. The number of sulfonamides is 1. The zero-order valence-corrected chi connectivity index (χ0v) is 27.5. The molecule has 220 valence electrons. The lowest BCUT2D eigenvalue weighted by atomic mass is 10.0. The number of hydrogen-bond donors (Lipinski definition) is 1. The number of nitrogens with zero attached hydrogens (tertiary/aromatic N) is 2. The number of benzene rings is 3. The molecule has 0 radical (unpaired) electrons. The van der Waals surface area contributed by atoms with Crippen LogP contribution in [0.15, 0.2) is 71.2 Å². The molecule has 3 aromatic carbocycles. The molecular formula is C30H34BrCl2N3O4S. The van der Waals surface area contributed by atoms with Crippen LogP contribution >= 0.6 is 39.1 Å². The van der Waals surface area contributed by atoms with E-state index in [1.807, 2.05) is 58.0 Å². The van der Waals surface area contributed by atoms with Crippen LogP contribution in [-0.2, 0) is 32.6 Å². The van der Waals surface area contributed by atoms with Gasteiger partial charge in [0.1, 0.15) is 12.6 Å². The summed E-state index contributed by atoms with van der Waals surface area (Å²) in [5, 5.41) is 3.64. The van der Waals surface area contributed by atoms with Crippen molar-refractivity contribution in [1.29, 1.82) is 0 Å². The van der Waals surface area contributed by atoms with E-state index in [0.29, 0.717) is 21.3 Å². The summed E-state index contributed by atoms with van der Waals surface area (Å²) in [6.45, 7) is 6.74. The molecule has 0 bridgehead atoms. The van der Waals surface area contributed by atoms with E-state index in [9.17, 15) is 18.0 Å². The molecule has 11 heteroatoms. The number of halogens is 3. The Hall–Kier alpha value is -2.59. The number of carbonyl (C=O) groups excluding carboxylic acids is 2. The normalized spacial score (nSPS) is 12.5. The minimum absolute atomic E-state index is 0.108. The summed E-state index contributed by atoms with van der Waals surface area (Å²) in [6, 6.07) is 18.3. The third-order valence-corrected chi connectivity index (χ3v) is 9.01. The summed E-state index contributed by atoms with van der Waals surface area (Å²) in [4.78, 5) is 29.4. The van der Waals surface area contributed by atoms with E-state index >= 15 is 0 Å². The first-order chi connectivity index (χ1) is 19.1. The van der Waals surface area contributed by atoms with Gasteiger partial charge in [0.15, 0.2) is 0 Å². The van der Waals surface area contributed by atoms with Gasteiger partial charge in [-0.25, -0.2) is 8.42 Å². The van der Waals surface area contributed by atoms with Gasteiger partial charge in [-0.2, -0.15) is 0 Å².